The number of ether oxygens (including phenoxy) is 1. The summed E-state index contributed by atoms with van der Waals surface area (Å²) in [6.45, 7) is 1.83. The molecule has 0 saturated heterocycles. The molecule has 0 spiro atoms. The summed E-state index contributed by atoms with van der Waals surface area (Å²) in [6.07, 6.45) is 1.99. The number of carbonyl (C=O) groups is 2. The normalized spacial score (nSPS) is 12.3. The topological polar surface area (TPSA) is 83.8 Å². The minimum atomic E-state index is -1.15. The molecule has 114 valence electrons. The fraction of sp³-hybridized carbons (Fsp3) is 0.286. The van der Waals surface area contributed by atoms with Crippen molar-refractivity contribution in [3.63, 3.8) is 0 Å². The maximum Gasteiger partial charge on any atom is 0.344 e. The summed E-state index contributed by atoms with van der Waals surface area (Å²) in [4.78, 5) is 21.7. The maximum absolute atomic E-state index is 11.1. The van der Waals surface area contributed by atoms with Gasteiger partial charge in [-0.15, -0.1) is 0 Å². The molecular weight excluding hydrogens is 319 g/mol. The number of carboxylic acids is 2. The molecule has 0 aliphatic rings. The maximum atomic E-state index is 11.1. The molecule has 0 aliphatic heterocycles. The van der Waals surface area contributed by atoms with Crippen LogP contribution in [0.15, 0.2) is 18.2 Å². The average molecular weight is 333 g/mol. The highest BCUT2D eigenvalue weighted by Crippen LogP contribution is 2.34. The highest BCUT2D eigenvalue weighted by Gasteiger charge is 2.21. The van der Waals surface area contributed by atoms with Crippen molar-refractivity contribution in [2.75, 3.05) is 0 Å². The van der Waals surface area contributed by atoms with Gasteiger partial charge in [0.05, 0.1) is 5.02 Å². The molecule has 1 aromatic rings. The van der Waals surface area contributed by atoms with E-state index in [2.05, 4.69) is 0 Å². The van der Waals surface area contributed by atoms with Gasteiger partial charge >= 0.3 is 11.9 Å². The van der Waals surface area contributed by atoms with Crippen LogP contribution < -0.4 is 4.74 Å². The van der Waals surface area contributed by atoms with Crippen molar-refractivity contribution in [3.05, 3.63) is 33.8 Å². The van der Waals surface area contributed by atoms with E-state index in [0.717, 1.165) is 6.08 Å². The monoisotopic (exact) mass is 332 g/mol. The summed E-state index contributed by atoms with van der Waals surface area (Å²) >= 11 is 11.9. The highest BCUT2D eigenvalue weighted by molar-refractivity contribution is 6.36. The molecule has 1 atom stereocenters. The molecule has 7 heteroatoms. The van der Waals surface area contributed by atoms with Gasteiger partial charge in [0.2, 0.25) is 0 Å². The van der Waals surface area contributed by atoms with Crippen molar-refractivity contribution in [3.8, 4) is 5.75 Å². The molecule has 0 bridgehead atoms. The van der Waals surface area contributed by atoms with E-state index >= 15 is 0 Å². The molecule has 0 radical (unpaired) electrons. The third-order valence-corrected chi connectivity index (χ3v) is 3.03. The summed E-state index contributed by atoms with van der Waals surface area (Å²) in [5.74, 6) is -2.17. The number of benzene rings is 1. The lowest BCUT2D eigenvalue weighted by Gasteiger charge is -2.17. The van der Waals surface area contributed by atoms with Gasteiger partial charge in [0.15, 0.2) is 6.10 Å². The van der Waals surface area contributed by atoms with Crippen molar-refractivity contribution >= 4 is 41.2 Å². The van der Waals surface area contributed by atoms with Crippen molar-refractivity contribution in [1.82, 2.24) is 0 Å². The second-order valence-electron chi connectivity index (χ2n) is 4.21. The summed E-state index contributed by atoms with van der Waals surface area (Å²) in [7, 11) is 0. The first kappa shape index (κ1) is 17.3. The van der Waals surface area contributed by atoms with E-state index < -0.39 is 18.0 Å². The largest absolute Gasteiger partial charge is 0.479 e. The minimum absolute atomic E-state index is 0.0967. The Bertz CT molecular complexity index is 569. The third kappa shape index (κ3) is 5.28. The minimum Gasteiger partial charge on any atom is -0.479 e. The Balaban J connectivity index is 3.20. The molecule has 2 N–H and O–H groups in total. The van der Waals surface area contributed by atoms with Crippen LogP contribution >= 0.6 is 23.2 Å². The molecule has 21 heavy (non-hydrogen) atoms. The van der Waals surface area contributed by atoms with Crippen molar-refractivity contribution in [2.24, 2.45) is 0 Å². The van der Waals surface area contributed by atoms with Crippen LogP contribution in [0.2, 0.25) is 10.0 Å². The number of aliphatic carboxylic acids is 2. The standard InChI is InChI=1S/C14H14Cl2O5/c1-2-3-11(14(19)20)21-13-8(4-5-12(17)18)6-9(15)7-10(13)16/h4-7,11H,2-3H2,1H3,(H,17,18)(H,19,20)/b5-4+. The second-order valence-corrected chi connectivity index (χ2v) is 5.05. The van der Waals surface area contributed by atoms with E-state index in [1.807, 2.05) is 6.92 Å². The number of hydrogen-bond donors (Lipinski definition) is 2. The van der Waals surface area contributed by atoms with E-state index in [1.165, 1.54) is 18.2 Å². The molecule has 0 amide bonds. The van der Waals surface area contributed by atoms with E-state index in [9.17, 15) is 9.59 Å². The van der Waals surface area contributed by atoms with Crippen LogP contribution in [0.4, 0.5) is 0 Å². The highest BCUT2D eigenvalue weighted by atomic mass is 35.5. The van der Waals surface area contributed by atoms with Gasteiger partial charge < -0.3 is 14.9 Å². The number of hydrogen-bond acceptors (Lipinski definition) is 3. The van der Waals surface area contributed by atoms with Crippen LogP contribution in [0.5, 0.6) is 5.75 Å². The first-order chi connectivity index (χ1) is 9.85. The summed E-state index contributed by atoms with van der Waals surface area (Å²) in [5, 5.41) is 18.2. The first-order valence-electron chi connectivity index (χ1n) is 6.14. The van der Waals surface area contributed by atoms with Crippen LogP contribution in [0.3, 0.4) is 0 Å². The lowest BCUT2D eigenvalue weighted by atomic mass is 10.1. The zero-order valence-electron chi connectivity index (χ0n) is 11.2. The lowest BCUT2D eigenvalue weighted by Crippen LogP contribution is -2.27. The Morgan fingerprint density at radius 3 is 2.52 bits per heavy atom. The predicted molar refractivity (Wildman–Crippen MR) is 80.1 cm³/mol. The summed E-state index contributed by atoms with van der Waals surface area (Å²) < 4.78 is 5.43. The number of rotatable bonds is 7. The summed E-state index contributed by atoms with van der Waals surface area (Å²) in [5.41, 5.74) is 0.303. The van der Waals surface area contributed by atoms with Gasteiger partial charge in [0.1, 0.15) is 5.75 Å². The van der Waals surface area contributed by atoms with Crippen LogP contribution in [0.25, 0.3) is 6.08 Å². The van der Waals surface area contributed by atoms with Crippen LogP contribution in [-0.4, -0.2) is 28.3 Å². The van der Waals surface area contributed by atoms with E-state index in [0.29, 0.717) is 23.4 Å². The Morgan fingerprint density at radius 1 is 1.33 bits per heavy atom. The predicted octanol–water partition coefficient (Wildman–Crippen LogP) is 3.72. The number of halogens is 2. The van der Waals surface area contributed by atoms with Gasteiger partial charge in [-0.1, -0.05) is 36.5 Å². The van der Waals surface area contributed by atoms with Crippen molar-refractivity contribution in [1.29, 1.82) is 0 Å². The van der Waals surface area contributed by atoms with Gasteiger partial charge in [-0.25, -0.2) is 9.59 Å². The van der Waals surface area contributed by atoms with Gasteiger partial charge in [0.25, 0.3) is 0 Å². The van der Waals surface area contributed by atoms with Crippen molar-refractivity contribution < 1.29 is 24.5 Å². The second kappa shape index (κ2) is 7.90. The van der Waals surface area contributed by atoms with Gasteiger partial charge in [-0.2, -0.15) is 0 Å². The molecule has 1 aromatic carbocycles. The third-order valence-electron chi connectivity index (χ3n) is 2.53. The Morgan fingerprint density at radius 2 is 2.00 bits per heavy atom. The molecular formula is C14H14Cl2O5. The zero-order chi connectivity index (χ0) is 16.0. The summed E-state index contributed by atoms with van der Waals surface area (Å²) in [6, 6.07) is 2.86. The fourth-order valence-electron chi connectivity index (χ4n) is 1.63. The quantitative estimate of drug-likeness (QED) is 0.743. The lowest BCUT2D eigenvalue weighted by molar-refractivity contribution is -0.145. The Hall–Kier alpha value is -1.72. The SMILES string of the molecule is CCCC(Oc1c(Cl)cc(Cl)cc1/C=C/C(=O)O)C(=O)O. The fourth-order valence-corrected chi connectivity index (χ4v) is 2.18. The first-order valence-corrected chi connectivity index (χ1v) is 6.90. The molecule has 0 aromatic heterocycles. The zero-order valence-corrected chi connectivity index (χ0v) is 12.7. The molecule has 1 unspecified atom stereocenters. The number of carboxylic acid groups (broad SMARTS) is 2. The van der Waals surface area contributed by atoms with Crippen molar-refractivity contribution in [2.45, 2.75) is 25.9 Å². The van der Waals surface area contributed by atoms with Crippen LogP contribution in [0, 0.1) is 0 Å². The Kier molecular flexibility index (Phi) is 6.52. The molecule has 5 nitrogen and oxygen atoms in total. The van der Waals surface area contributed by atoms with Crippen LogP contribution in [0.1, 0.15) is 25.3 Å². The van der Waals surface area contributed by atoms with E-state index in [-0.39, 0.29) is 10.8 Å². The molecule has 1 rings (SSSR count). The van der Waals surface area contributed by atoms with E-state index in [1.54, 1.807) is 0 Å². The van der Waals surface area contributed by atoms with Gasteiger partial charge in [0, 0.05) is 16.7 Å². The van der Waals surface area contributed by atoms with Crippen LogP contribution in [-0.2, 0) is 9.59 Å². The van der Waals surface area contributed by atoms with E-state index in [4.69, 9.17) is 38.2 Å². The average Bonchev–Trinajstić information content (AvgIpc) is 2.38. The molecule has 0 aliphatic carbocycles. The Labute approximate surface area is 131 Å². The molecule has 0 fully saturated rings. The smallest absolute Gasteiger partial charge is 0.344 e. The van der Waals surface area contributed by atoms with Gasteiger partial charge in [-0.05, 0) is 24.6 Å². The molecule has 0 saturated carbocycles. The van der Waals surface area contributed by atoms with Gasteiger partial charge in [-0.3, -0.25) is 0 Å². The molecule has 0 heterocycles.